The zero-order chi connectivity index (χ0) is 38.9. The second-order valence-electron chi connectivity index (χ2n) is 15.6. The highest BCUT2D eigenvalue weighted by molar-refractivity contribution is 6.15. The lowest BCUT2D eigenvalue weighted by Gasteiger charge is -2.34. The van der Waals surface area contributed by atoms with E-state index in [1.165, 1.54) is 54.9 Å². The van der Waals surface area contributed by atoms with Crippen molar-refractivity contribution in [3.8, 4) is 22.3 Å². The molecule has 10 aromatic carbocycles. The van der Waals surface area contributed by atoms with E-state index in [-0.39, 0.29) is 0 Å². The molecule has 0 saturated carbocycles. The second-order valence-corrected chi connectivity index (χ2v) is 15.6. The predicted molar refractivity (Wildman–Crippen MR) is 246 cm³/mol. The minimum absolute atomic E-state index is 0.466. The summed E-state index contributed by atoms with van der Waals surface area (Å²) < 4.78 is 6.48. The van der Waals surface area contributed by atoms with Gasteiger partial charge in [-0.05, 0) is 91.5 Å². The van der Waals surface area contributed by atoms with E-state index in [1.807, 2.05) is 12.1 Å². The Bertz CT molecular complexity index is 3340. The molecule has 1 aliphatic rings. The zero-order valence-electron chi connectivity index (χ0n) is 32.2. The summed E-state index contributed by atoms with van der Waals surface area (Å²) in [6.45, 7) is 0. The van der Waals surface area contributed by atoms with Gasteiger partial charge in [0.1, 0.15) is 11.2 Å². The molecule has 59 heavy (non-hydrogen) atoms. The fourth-order valence-electron chi connectivity index (χ4n) is 9.99. The minimum atomic E-state index is -0.466. The standard InChI is InChI=1S/C57H37NO/c1-3-17-40(18-4-1)57(41-19-5-2-6-20-41)52-28-13-11-23-47(52)51-37-43(34-35-53(51)57)58(54-36-39-16-7-8-21-44(39)46-22-9-10-24-48(46)54)42-32-30-38(31-33-42)45-26-15-27-50-49-25-12-14-29-55(49)59-56(45)50/h1-37H. The van der Waals surface area contributed by atoms with Gasteiger partial charge in [-0.25, -0.2) is 0 Å². The summed E-state index contributed by atoms with van der Waals surface area (Å²) in [4.78, 5) is 2.45. The number of anilines is 3. The first-order chi connectivity index (χ1) is 29.3. The van der Waals surface area contributed by atoms with Gasteiger partial charge < -0.3 is 9.32 Å². The summed E-state index contributed by atoms with van der Waals surface area (Å²) in [6.07, 6.45) is 0. The molecule has 1 aliphatic carbocycles. The van der Waals surface area contributed by atoms with E-state index in [2.05, 4.69) is 217 Å². The summed E-state index contributed by atoms with van der Waals surface area (Å²) in [5, 5.41) is 7.16. The van der Waals surface area contributed by atoms with Gasteiger partial charge in [-0.2, -0.15) is 0 Å². The molecule has 1 heterocycles. The molecule has 0 unspecified atom stereocenters. The highest BCUT2D eigenvalue weighted by atomic mass is 16.3. The van der Waals surface area contributed by atoms with E-state index >= 15 is 0 Å². The third-order valence-corrected chi connectivity index (χ3v) is 12.5. The number of benzene rings is 10. The topological polar surface area (TPSA) is 16.4 Å². The Labute approximate surface area is 342 Å². The number of fused-ring (bicyclic) bond motifs is 9. The van der Waals surface area contributed by atoms with Crippen molar-refractivity contribution in [2.24, 2.45) is 0 Å². The van der Waals surface area contributed by atoms with Crippen LogP contribution in [0.5, 0.6) is 0 Å². The number of para-hydroxylation sites is 2. The van der Waals surface area contributed by atoms with Crippen LogP contribution in [0.3, 0.4) is 0 Å². The summed E-state index contributed by atoms with van der Waals surface area (Å²) >= 11 is 0. The Balaban J connectivity index is 1.09. The van der Waals surface area contributed by atoms with Gasteiger partial charge >= 0.3 is 0 Å². The van der Waals surface area contributed by atoms with Crippen molar-refractivity contribution in [3.63, 3.8) is 0 Å². The predicted octanol–water partition coefficient (Wildman–Crippen LogP) is 15.4. The summed E-state index contributed by atoms with van der Waals surface area (Å²) in [5.41, 5.74) is 14.5. The van der Waals surface area contributed by atoms with Gasteiger partial charge in [-0.3, -0.25) is 0 Å². The van der Waals surface area contributed by atoms with Gasteiger partial charge in [0.2, 0.25) is 0 Å². The lowest BCUT2D eigenvalue weighted by molar-refractivity contribution is 0.670. The van der Waals surface area contributed by atoms with E-state index in [0.29, 0.717) is 0 Å². The van der Waals surface area contributed by atoms with E-state index in [0.717, 1.165) is 50.1 Å². The van der Waals surface area contributed by atoms with Crippen LogP contribution in [-0.4, -0.2) is 0 Å². The molecule has 276 valence electrons. The molecule has 0 N–H and O–H groups in total. The smallest absolute Gasteiger partial charge is 0.143 e. The van der Waals surface area contributed by atoms with Crippen molar-refractivity contribution in [1.29, 1.82) is 0 Å². The zero-order valence-corrected chi connectivity index (χ0v) is 32.2. The molecule has 0 atom stereocenters. The number of furan rings is 1. The molecule has 0 aliphatic heterocycles. The maximum atomic E-state index is 6.48. The Hall–Kier alpha value is -7.68. The molecule has 12 rings (SSSR count). The minimum Gasteiger partial charge on any atom is -0.455 e. The van der Waals surface area contributed by atoms with Crippen molar-refractivity contribution in [1.82, 2.24) is 0 Å². The van der Waals surface area contributed by atoms with E-state index in [1.54, 1.807) is 0 Å². The normalized spacial score (nSPS) is 12.9. The number of rotatable bonds is 6. The Morgan fingerprint density at radius 3 is 1.71 bits per heavy atom. The van der Waals surface area contributed by atoms with Crippen molar-refractivity contribution >= 4 is 60.5 Å². The molecular formula is C57H37NO. The first-order valence-electron chi connectivity index (χ1n) is 20.3. The van der Waals surface area contributed by atoms with Crippen LogP contribution in [-0.2, 0) is 5.41 Å². The molecule has 0 bridgehead atoms. The maximum absolute atomic E-state index is 6.48. The van der Waals surface area contributed by atoms with Crippen LogP contribution in [0.2, 0.25) is 0 Å². The largest absolute Gasteiger partial charge is 0.455 e. The van der Waals surface area contributed by atoms with Gasteiger partial charge in [0.25, 0.3) is 0 Å². The second kappa shape index (κ2) is 13.2. The summed E-state index contributed by atoms with van der Waals surface area (Å²) in [7, 11) is 0. The van der Waals surface area contributed by atoms with Crippen LogP contribution < -0.4 is 4.90 Å². The van der Waals surface area contributed by atoms with E-state index in [4.69, 9.17) is 4.42 Å². The summed E-state index contributed by atoms with van der Waals surface area (Å²) in [5.74, 6) is 0. The van der Waals surface area contributed by atoms with Crippen LogP contribution >= 0.6 is 0 Å². The number of hydrogen-bond acceptors (Lipinski definition) is 2. The molecule has 0 fully saturated rings. The van der Waals surface area contributed by atoms with Gasteiger partial charge in [0.15, 0.2) is 0 Å². The monoisotopic (exact) mass is 751 g/mol. The van der Waals surface area contributed by atoms with Crippen LogP contribution in [0.4, 0.5) is 17.1 Å². The molecule has 0 radical (unpaired) electrons. The highest BCUT2D eigenvalue weighted by Gasteiger charge is 2.46. The fourth-order valence-corrected chi connectivity index (χ4v) is 9.99. The van der Waals surface area contributed by atoms with Crippen LogP contribution in [0.15, 0.2) is 229 Å². The van der Waals surface area contributed by atoms with Crippen LogP contribution in [0.1, 0.15) is 22.3 Å². The lowest BCUT2D eigenvalue weighted by atomic mass is 9.68. The van der Waals surface area contributed by atoms with Gasteiger partial charge in [-0.15, -0.1) is 0 Å². The highest BCUT2D eigenvalue weighted by Crippen LogP contribution is 2.57. The number of nitrogens with zero attached hydrogens (tertiary/aromatic N) is 1. The number of hydrogen-bond donors (Lipinski definition) is 0. The molecule has 0 saturated heterocycles. The quantitative estimate of drug-likeness (QED) is 0.157. The molecule has 11 aromatic rings. The first-order valence-corrected chi connectivity index (χ1v) is 20.3. The van der Waals surface area contributed by atoms with Crippen molar-refractivity contribution in [2.75, 3.05) is 4.90 Å². The average Bonchev–Trinajstić information content (AvgIpc) is 3.84. The Morgan fingerprint density at radius 2 is 0.932 bits per heavy atom. The molecule has 0 amide bonds. The third-order valence-electron chi connectivity index (χ3n) is 12.5. The van der Waals surface area contributed by atoms with Gasteiger partial charge in [-0.1, -0.05) is 188 Å². The van der Waals surface area contributed by atoms with Gasteiger partial charge in [0.05, 0.1) is 11.1 Å². The lowest BCUT2D eigenvalue weighted by Crippen LogP contribution is -2.28. The van der Waals surface area contributed by atoms with Crippen LogP contribution in [0, 0.1) is 0 Å². The molecular weight excluding hydrogens is 715 g/mol. The van der Waals surface area contributed by atoms with Crippen molar-refractivity contribution < 1.29 is 4.42 Å². The average molecular weight is 752 g/mol. The molecule has 2 heteroatoms. The molecule has 1 aromatic heterocycles. The Kier molecular flexibility index (Phi) is 7.48. The third kappa shape index (κ3) is 5.00. The Morgan fingerprint density at radius 1 is 0.356 bits per heavy atom. The van der Waals surface area contributed by atoms with Crippen molar-refractivity contribution in [3.05, 3.63) is 247 Å². The SMILES string of the molecule is c1ccc(C2(c3ccccc3)c3ccccc3-c3cc(N(c4ccc(-c5cccc6c5oc5ccccc56)cc4)c4cc5ccccc5c5ccccc45)ccc32)cc1. The molecule has 2 nitrogen and oxygen atoms in total. The van der Waals surface area contributed by atoms with E-state index in [9.17, 15) is 0 Å². The first kappa shape index (κ1) is 33.5. The van der Waals surface area contributed by atoms with Crippen LogP contribution in [0.25, 0.3) is 65.7 Å². The van der Waals surface area contributed by atoms with Crippen molar-refractivity contribution in [2.45, 2.75) is 5.41 Å². The summed E-state index contributed by atoms with van der Waals surface area (Å²) in [6, 6.07) is 81.8. The fraction of sp³-hybridized carbons (Fsp3) is 0.0175. The molecule has 0 spiro atoms. The van der Waals surface area contributed by atoms with E-state index < -0.39 is 5.41 Å². The van der Waals surface area contributed by atoms with Gasteiger partial charge in [0, 0.05) is 33.1 Å². The maximum Gasteiger partial charge on any atom is 0.143 e.